The Morgan fingerprint density at radius 3 is 1.92 bits per heavy atom. The number of hydrogen-bond acceptors (Lipinski definition) is 7. The molecule has 214 valence electrons. The number of aromatic nitrogens is 3. The molecule has 1 unspecified atom stereocenters. The van der Waals surface area contributed by atoms with Gasteiger partial charge in [0.1, 0.15) is 5.69 Å². The second-order valence-electron chi connectivity index (χ2n) is 8.72. The van der Waals surface area contributed by atoms with Crippen LogP contribution in [0.25, 0.3) is 0 Å². The molecule has 4 rings (SSSR count). The minimum atomic E-state index is -5.08. The summed E-state index contributed by atoms with van der Waals surface area (Å²) in [6, 6.07) is 6.34. The second kappa shape index (κ2) is 13.3. The van der Waals surface area contributed by atoms with Gasteiger partial charge in [0.25, 0.3) is 5.91 Å². The lowest BCUT2D eigenvalue weighted by Gasteiger charge is -2.54. The molecule has 0 aromatic carbocycles. The van der Waals surface area contributed by atoms with E-state index in [1.165, 1.54) is 12.6 Å². The zero-order valence-corrected chi connectivity index (χ0v) is 20.2. The Morgan fingerprint density at radius 2 is 1.51 bits per heavy atom. The maximum Gasteiger partial charge on any atom is 0.490 e. The Morgan fingerprint density at radius 1 is 0.923 bits per heavy atom. The van der Waals surface area contributed by atoms with Crippen LogP contribution >= 0.6 is 0 Å². The quantitative estimate of drug-likeness (QED) is 0.476. The Bertz CT molecular complexity index is 1070. The predicted molar refractivity (Wildman–Crippen MR) is 121 cm³/mol. The number of alkyl halides is 6. The van der Waals surface area contributed by atoms with E-state index in [0.717, 1.165) is 44.6 Å². The molecule has 1 saturated carbocycles. The van der Waals surface area contributed by atoms with Gasteiger partial charge in [0.05, 0.1) is 11.9 Å². The molecule has 16 heteroatoms. The van der Waals surface area contributed by atoms with Crippen LogP contribution in [0.5, 0.6) is 0 Å². The summed E-state index contributed by atoms with van der Waals surface area (Å²) in [5.41, 5.74) is 1.79. The van der Waals surface area contributed by atoms with Crippen LogP contribution in [-0.4, -0.2) is 79.4 Å². The van der Waals surface area contributed by atoms with E-state index in [9.17, 15) is 31.1 Å². The minimum absolute atomic E-state index is 0.104. The molecule has 2 aliphatic rings. The highest BCUT2D eigenvalue weighted by molar-refractivity contribution is 5.92. The average molecular weight is 565 g/mol. The van der Waals surface area contributed by atoms with Crippen LogP contribution < -0.4 is 5.32 Å². The van der Waals surface area contributed by atoms with E-state index in [-0.39, 0.29) is 17.4 Å². The summed E-state index contributed by atoms with van der Waals surface area (Å²) in [7, 11) is 0. The lowest BCUT2D eigenvalue weighted by molar-refractivity contribution is -0.193. The lowest BCUT2D eigenvalue weighted by Crippen LogP contribution is -2.59. The number of likely N-dealkylation sites (tertiary alicyclic amines) is 1. The molecular weight excluding hydrogens is 540 g/mol. The fourth-order valence-electron chi connectivity index (χ4n) is 4.05. The summed E-state index contributed by atoms with van der Waals surface area (Å²) in [5, 5.41) is 17.4. The zero-order chi connectivity index (χ0) is 29.3. The van der Waals surface area contributed by atoms with Crippen molar-refractivity contribution < 1.29 is 50.9 Å². The van der Waals surface area contributed by atoms with Gasteiger partial charge in [-0.25, -0.2) is 14.6 Å². The van der Waals surface area contributed by atoms with Gasteiger partial charge >= 0.3 is 24.3 Å². The van der Waals surface area contributed by atoms with Gasteiger partial charge in [0, 0.05) is 31.2 Å². The van der Waals surface area contributed by atoms with Gasteiger partial charge in [-0.15, -0.1) is 0 Å². The van der Waals surface area contributed by atoms with Gasteiger partial charge in [-0.05, 0) is 56.3 Å². The van der Waals surface area contributed by atoms with Gasteiger partial charge in [-0.2, -0.15) is 26.3 Å². The number of pyridine rings is 1. The number of carbonyl (C=O) groups excluding carboxylic acids is 1. The second-order valence-corrected chi connectivity index (χ2v) is 8.72. The van der Waals surface area contributed by atoms with Crippen molar-refractivity contribution in [3.05, 3.63) is 54.4 Å². The van der Waals surface area contributed by atoms with E-state index >= 15 is 0 Å². The largest absolute Gasteiger partial charge is 0.490 e. The fraction of sp³-hybridized carbons (Fsp3) is 0.478. The monoisotopic (exact) mass is 565 g/mol. The summed E-state index contributed by atoms with van der Waals surface area (Å²) < 4.78 is 63.5. The average Bonchev–Trinajstić information content (AvgIpc) is 2.88. The molecule has 1 aliphatic heterocycles. The molecular formula is C23H25F6N5O5. The summed E-state index contributed by atoms with van der Waals surface area (Å²) in [6.07, 6.45) is 0.875. The minimum Gasteiger partial charge on any atom is -0.475 e. The van der Waals surface area contributed by atoms with E-state index in [2.05, 4.69) is 31.2 Å². The van der Waals surface area contributed by atoms with Gasteiger partial charge in [0.2, 0.25) is 0 Å². The molecule has 2 aromatic rings. The topological polar surface area (TPSA) is 146 Å². The van der Waals surface area contributed by atoms with Crippen LogP contribution in [0.1, 0.15) is 41.9 Å². The normalized spacial score (nSPS) is 18.4. The van der Waals surface area contributed by atoms with Crippen molar-refractivity contribution in [3.63, 3.8) is 0 Å². The molecule has 2 fully saturated rings. The number of hydrogen-bond donors (Lipinski definition) is 3. The number of carboxylic acid groups (broad SMARTS) is 2. The molecule has 1 spiro atoms. The predicted octanol–water partition coefficient (Wildman–Crippen LogP) is 3.31. The molecule has 3 N–H and O–H groups in total. The summed E-state index contributed by atoms with van der Waals surface area (Å²) >= 11 is 0. The molecule has 10 nitrogen and oxygen atoms in total. The van der Waals surface area contributed by atoms with E-state index in [0.29, 0.717) is 5.69 Å². The van der Waals surface area contributed by atoms with E-state index in [1.807, 2.05) is 18.3 Å². The molecule has 1 atom stereocenters. The van der Waals surface area contributed by atoms with Crippen molar-refractivity contribution in [2.45, 2.75) is 50.6 Å². The highest BCUT2D eigenvalue weighted by Crippen LogP contribution is 2.49. The third kappa shape index (κ3) is 9.77. The van der Waals surface area contributed by atoms with Gasteiger partial charge in [-0.1, -0.05) is 6.07 Å². The number of nitrogens with zero attached hydrogens (tertiary/aromatic N) is 4. The number of aliphatic carboxylic acids is 2. The van der Waals surface area contributed by atoms with Crippen molar-refractivity contribution in [1.82, 2.24) is 25.2 Å². The highest BCUT2D eigenvalue weighted by Gasteiger charge is 2.48. The highest BCUT2D eigenvalue weighted by atomic mass is 19.4. The number of carboxylic acids is 2. The maximum atomic E-state index is 12.3. The fourth-order valence-corrected chi connectivity index (χ4v) is 4.05. The molecule has 1 aliphatic carbocycles. The lowest BCUT2D eigenvalue weighted by atomic mass is 9.59. The first-order valence-corrected chi connectivity index (χ1v) is 11.4. The Labute approximate surface area is 218 Å². The van der Waals surface area contributed by atoms with Crippen molar-refractivity contribution in [2.75, 3.05) is 13.1 Å². The summed E-state index contributed by atoms with van der Waals surface area (Å²) in [4.78, 5) is 45.1. The van der Waals surface area contributed by atoms with Gasteiger partial charge in [-0.3, -0.25) is 19.7 Å². The molecule has 0 radical (unpaired) electrons. The Balaban J connectivity index is 0.000000317. The smallest absolute Gasteiger partial charge is 0.475 e. The number of piperidine rings is 1. The zero-order valence-electron chi connectivity index (χ0n) is 20.2. The molecule has 0 bridgehead atoms. The number of rotatable bonds is 4. The van der Waals surface area contributed by atoms with E-state index in [1.54, 1.807) is 12.4 Å². The van der Waals surface area contributed by atoms with Crippen molar-refractivity contribution in [3.8, 4) is 0 Å². The number of carbonyl (C=O) groups is 3. The molecule has 39 heavy (non-hydrogen) atoms. The van der Waals surface area contributed by atoms with Gasteiger partial charge < -0.3 is 15.5 Å². The molecule has 2 aromatic heterocycles. The van der Waals surface area contributed by atoms with Crippen LogP contribution in [0, 0.1) is 5.41 Å². The molecule has 3 heterocycles. The first-order chi connectivity index (χ1) is 18.1. The van der Waals surface area contributed by atoms with E-state index in [4.69, 9.17) is 19.8 Å². The van der Waals surface area contributed by atoms with Crippen LogP contribution in [0.2, 0.25) is 0 Å². The number of halogens is 6. The third-order valence-corrected chi connectivity index (χ3v) is 6.22. The van der Waals surface area contributed by atoms with E-state index < -0.39 is 24.3 Å². The van der Waals surface area contributed by atoms with Crippen molar-refractivity contribution >= 4 is 17.8 Å². The summed E-state index contributed by atoms with van der Waals surface area (Å²) in [5.74, 6) is -5.62. The number of amides is 1. The maximum absolute atomic E-state index is 12.3. The van der Waals surface area contributed by atoms with Crippen molar-refractivity contribution in [1.29, 1.82) is 0 Å². The SMILES string of the molecule is O=C(NC1CCC12CCN(Cc1ccccn1)CC2)c1cnccn1.O=C(O)C(F)(F)F.O=C(O)C(F)(F)F. The molecule has 1 amide bonds. The van der Waals surface area contributed by atoms with Crippen LogP contribution in [0.3, 0.4) is 0 Å². The molecule has 1 saturated heterocycles. The Hall–Kier alpha value is -3.82. The number of nitrogens with one attached hydrogen (secondary N) is 1. The Kier molecular flexibility index (Phi) is 10.7. The summed E-state index contributed by atoms with van der Waals surface area (Å²) in [6.45, 7) is 3.04. The van der Waals surface area contributed by atoms with Crippen LogP contribution in [0.15, 0.2) is 43.0 Å². The van der Waals surface area contributed by atoms with Crippen molar-refractivity contribution in [2.24, 2.45) is 5.41 Å². The van der Waals surface area contributed by atoms with Gasteiger partial charge in [0.15, 0.2) is 0 Å². The standard InChI is InChI=1S/C19H23N5O.2C2HF3O2/c25-18(16-13-20-9-10-22-16)23-17-4-5-19(17)6-11-24(12-7-19)14-15-3-1-2-8-21-15;2*3-2(4,5)1(6)7/h1-3,8-10,13,17H,4-7,11-12,14H2,(H,23,25);2*(H,6,7). The first kappa shape index (κ1) is 31.4. The van der Waals surface area contributed by atoms with Crippen LogP contribution in [0.4, 0.5) is 26.3 Å². The first-order valence-electron chi connectivity index (χ1n) is 11.4. The van der Waals surface area contributed by atoms with Crippen LogP contribution in [-0.2, 0) is 16.1 Å². The third-order valence-electron chi connectivity index (χ3n) is 6.22.